The monoisotopic (exact) mass is 371 g/mol. The lowest BCUT2D eigenvalue weighted by molar-refractivity contribution is -0.117. The third-order valence-electron chi connectivity index (χ3n) is 3.99. The normalized spacial score (nSPS) is 11.5. The zero-order valence-corrected chi connectivity index (χ0v) is 15.7. The quantitative estimate of drug-likeness (QED) is 0.427. The van der Waals surface area contributed by atoms with Crippen molar-refractivity contribution in [2.45, 2.75) is 13.3 Å². The van der Waals surface area contributed by atoms with Gasteiger partial charge in [0.1, 0.15) is 5.70 Å². The molecule has 1 amide bonds. The molecule has 2 rings (SSSR count). The smallest absolute Gasteiger partial charge is 0.269 e. The zero-order valence-electron chi connectivity index (χ0n) is 15.7. The topological polar surface area (TPSA) is 139 Å². The molecule has 0 fully saturated rings. The molecule has 2 aromatic rings. The second kappa shape index (κ2) is 8.79. The molecule has 1 heterocycles. The first-order chi connectivity index (χ1) is 12.9. The van der Waals surface area contributed by atoms with E-state index in [0.29, 0.717) is 40.7 Å². The number of carbonyl (C=O) groups excluding carboxylic acids is 1. The third-order valence-corrected chi connectivity index (χ3v) is 3.99. The zero-order chi connectivity index (χ0) is 20.0. The van der Waals surface area contributed by atoms with Crippen LogP contribution in [0.3, 0.4) is 0 Å². The van der Waals surface area contributed by atoms with Crippen molar-refractivity contribution in [2.75, 3.05) is 26.5 Å². The molecule has 8 heteroatoms. The van der Waals surface area contributed by atoms with Gasteiger partial charge in [0.05, 0.1) is 19.9 Å². The van der Waals surface area contributed by atoms with Crippen molar-refractivity contribution in [1.82, 2.24) is 10.3 Å². The van der Waals surface area contributed by atoms with Gasteiger partial charge in [0.15, 0.2) is 0 Å². The van der Waals surface area contributed by atoms with Gasteiger partial charge in [0.25, 0.3) is 5.91 Å². The van der Waals surface area contributed by atoms with Gasteiger partial charge in [-0.1, -0.05) is 25.1 Å². The molecule has 0 saturated carbocycles. The van der Waals surface area contributed by atoms with Crippen LogP contribution in [0.4, 0.5) is 5.69 Å². The number of nitrogens with one attached hydrogen (secondary N) is 1. The summed E-state index contributed by atoms with van der Waals surface area (Å²) in [6, 6.07) is 8.78. The number of methoxy groups -OCH3 is 2. The summed E-state index contributed by atoms with van der Waals surface area (Å²) in [5, 5.41) is 2.69. The Bertz CT molecular complexity index is 864. The van der Waals surface area contributed by atoms with Crippen LogP contribution >= 0.6 is 0 Å². The minimum absolute atomic E-state index is 0.0767. The number of nitrogens with two attached hydrogens (primary N) is 3. The van der Waals surface area contributed by atoms with Crippen molar-refractivity contribution in [2.24, 2.45) is 11.5 Å². The first-order valence-electron chi connectivity index (χ1n) is 8.46. The highest BCUT2D eigenvalue weighted by molar-refractivity contribution is 6.01. The molecule has 1 aromatic heterocycles. The van der Waals surface area contributed by atoms with E-state index in [2.05, 4.69) is 10.3 Å². The second-order valence-electron chi connectivity index (χ2n) is 5.76. The van der Waals surface area contributed by atoms with Gasteiger partial charge >= 0.3 is 0 Å². The molecular formula is C19H25N5O3. The highest BCUT2D eigenvalue weighted by Crippen LogP contribution is 2.36. The number of rotatable bonds is 7. The molecule has 0 atom stereocenters. The van der Waals surface area contributed by atoms with Crippen LogP contribution in [0.1, 0.15) is 18.9 Å². The van der Waals surface area contributed by atoms with E-state index in [1.54, 1.807) is 24.3 Å². The molecule has 0 aliphatic rings. The van der Waals surface area contributed by atoms with E-state index >= 15 is 0 Å². The van der Waals surface area contributed by atoms with Crippen LogP contribution in [0.5, 0.6) is 11.8 Å². The van der Waals surface area contributed by atoms with Crippen molar-refractivity contribution in [3.63, 3.8) is 0 Å². The number of anilines is 1. The lowest BCUT2D eigenvalue weighted by atomic mass is 9.98. The number of nitrogens with zero attached hydrogens (tertiary/aromatic N) is 1. The second-order valence-corrected chi connectivity index (χ2v) is 5.76. The highest BCUT2D eigenvalue weighted by atomic mass is 16.5. The largest absolute Gasteiger partial charge is 0.481 e. The van der Waals surface area contributed by atoms with Crippen LogP contribution < -0.4 is 32.0 Å². The molecular weight excluding hydrogens is 346 g/mol. The average Bonchev–Trinajstić information content (AvgIpc) is 2.70. The Kier molecular flexibility index (Phi) is 6.48. The number of hydrogen-bond acceptors (Lipinski definition) is 7. The molecule has 7 N–H and O–H groups in total. The molecule has 1 aromatic carbocycles. The fraction of sp³-hybridized carbons (Fsp3) is 0.263. The third kappa shape index (κ3) is 4.22. The molecule has 0 aliphatic carbocycles. The minimum Gasteiger partial charge on any atom is -0.481 e. The van der Waals surface area contributed by atoms with E-state index in [1.165, 1.54) is 14.2 Å². The van der Waals surface area contributed by atoms with Gasteiger partial charge in [-0.2, -0.15) is 4.98 Å². The van der Waals surface area contributed by atoms with Gasteiger partial charge in [-0.3, -0.25) is 4.79 Å². The predicted molar refractivity (Wildman–Crippen MR) is 106 cm³/mol. The summed E-state index contributed by atoms with van der Waals surface area (Å²) in [6.45, 7) is 2.46. The number of ether oxygens (including phenoxy) is 2. The molecule has 0 radical (unpaired) electrons. The van der Waals surface area contributed by atoms with E-state index in [1.807, 2.05) is 13.0 Å². The maximum atomic E-state index is 12.1. The lowest BCUT2D eigenvalue weighted by Gasteiger charge is -2.15. The van der Waals surface area contributed by atoms with Crippen molar-refractivity contribution in [1.29, 1.82) is 0 Å². The van der Waals surface area contributed by atoms with Crippen molar-refractivity contribution < 1.29 is 14.3 Å². The minimum atomic E-state index is -0.428. The van der Waals surface area contributed by atoms with Crippen LogP contribution in [0.15, 0.2) is 36.0 Å². The van der Waals surface area contributed by atoms with Crippen molar-refractivity contribution >= 4 is 17.3 Å². The van der Waals surface area contributed by atoms with Crippen molar-refractivity contribution in [3.05, 3.63) is 41.6 Å². The van der Waals surface area contributed by atoms with Gasteiger partial charge in [0, 0.05) is 35.0 Å². The molecule has 0 bridgehead atoms. The number of para-hydroxylation sites is 1. The predicted octanol–water partition coefficient (Wildman–Crippen LogP) is 1.46. The maximum Gasteiger partial charge on any atom is 0.269 e. The van der Waals surface area contributed by atoms with Gasteiger partial charge in [0.2, 0.25) is 11.8 Å². The van der Waals surface area contributed by atoms with E-state index in [9.17, 15) is 4.79 Å². The van der Waals surface area contributed by atoms with E-state index in [0.717, 1.165) is 6.42 Å². The van der Waals surface area contributed by atoms with Gasteiger partial charge in [-0.15, -0.1) is 0 Å². The number of nitrogen functional groups attached to an aromatic ring is 1. The Morgan fingerprint density at radius 3 is 2.48 bits per heavy atom. The fourth-order valence-electron chi connectivity index (χ4n) is 2.53. The number of aromatic nitrogens is 1. The van der Waals surface area contributed by atoms with Gasteiger partial charge in [-0.25, -0.2) is 0 Å². The van der Waals surface area contributed by atoms with Crippen LogP contribution in [0.25, 0.3) is 16.8 Å². The van der Waals surface area contributed by atoms with Gasteiger partial charge in [-0.05, 0) is 12.5 Å². The first kappa shape index (κ1) is 19.9. The number of hydrogen-bond donors (Lipinski definition) is 4. The number of amides is 1. The van der Waals surface area contributed by atoms with Crippen LogP contribution in [0.2, 0.25) is 0 Å². The summed E-state index contributed by atoms with van der Waals surface area (Å²) in [5.41, 5.74) is 20.6. The summed E-state index contributed by atoms with van der Waals surface area (Å²) >= 11 is 0. The molecule has 0 aliphatic heterocycles. The summed E-state index contributed by atoms with van der Waals surface area (Å²) in [7, 11) is 3.03. The molecule has 8 nitrogen and oxygen atoms in total. The van der Waals surface area contributed by atoms with E-state index < -0.39 is 5.91 Å². The number of pyridine rings is 1. The Labute approximate surface area is 158 Å². The molecule has 0 saturated heterocycles. The molecule has 0 spiro atoms. The fourth-order valence-corrected chi connectivity index (χ4v) is 2.53. The van der Waals surface area contributed by atoms with Crippen molar-refractivity contribution in [3.8, 4) is 22.9 Å². The summed E-state index contributed by atoms with van der Waals surface area (Å²) in [6.07, 6.45) is 0.792. The molecule has 27 heavy (non-hydrogen) atoms. The van der Waals surface area contributed by atoms with Gasteiger partial charge < -0.3 is 32.0 Å². The van der Waals surface area contributed by atoms with E-state index in [-0.39, 0.29) is 11.4 Å². The standard InChI is InChI=1S/C19H25N5O3/c1-4-10-23-18(25)17(22)16(21)13-7-5-6-11(15(13)20)12-8-9-14(26-2)24-19(12)27-3/h5-9H,4,10,20-22H2,1-3H3,(H,23,25)/b17-16+. The SMILES string of the molecule is CCCNC(=O)/C(N)=C(\N)c1cccc(-c2ccc(OC)nc2OC)c1N. The Hall–Kier alpha value is -3.42. The Morgan fingerprint density at radius 1 is 1.11 bits per heavy atom. The van der Waals surface area contributed by atoms with Crippen LogP contribution in [0, 0.1) is 0 Å². The van der Waals surface area contributed by atoms with Crippen LogP contribution in [-0.4, -0.2) is 31.7 Å². The number of carbonyl (C=O) groups is 1. The molecule has 144 valence electrons. The Morgan fingerprint density at radius 2 is 1.85 bits per heavy atom. The highest BCUT2D eigenvalue weighted by Gasteiger charge is 2.17. The lowest BCUT2D eigenvalue weighted by Crippen LogP contribution is -2.31. The van der Waals surface area contributed by atoms with Crippen LogP contribution in [-0.2, 0) is 4.79 Å². The summed E-state index contributed by atoms with van der Waals surface area (Å²) in [5.74, 6) is 0.346. The maximum absolute atomic E-state index is 12.1. The van der Waals surface area contributed by atoms with E-state index in [4.69, 9.17) is 26.7 Å². The number of benzene rings is 1. The molecule has 0 unspecified atom stereocenters. The average molecular weight is 371 g/mol. The summed E-state index contributed by atoms with van der Waals surface area (Å²) in [4.78, 5) is 16.4. The summed E-state index contributed by atoms with van der Waals surface area (Å²) < 4.78 is 10.5. The Balaban J connectivity index is 2.52. The first-order valence-corrected chi connectivity index (χ1v) is 8.46.